The van der Waals surface area contributed by atoms with Crippen LogP contribution in [0.25, 0.3) is 0 Å². The quantitative estimate of drug-likeness (QED) is 0.193. The molecule has 0 aliphatic heterocycles. The van der Waals surface area contributed by atoms with Crippen LogP contribution in [0.3, 0.4) is 0 Å². The minimum atomic E-state index is -0.632. The van der Waals surface area contributed by atoms with Crippen molar-refractivity contribution in [3.8, 4) is 5.75 Å². The Morgan fingerprint density at radius 2 is 1.68 bits per heavy atom. The lowest BCUT2D eigenvalue weighted by atomic mass is 10.2. The van der Waals surface area contributed by atoms with Gasteiger partial charge in [-0.1, -0.05) is 19.7 Å². The Kier molecular flexibility index (Phi) is 6.25. The van der Waals surface area contributed by atoms with Crippen molar-refractivity contribution in [3.05, 3.63) is 79.1 Å². The molecule has 0 fully saturated rings. The molecule has 0 saturated carbocycles. The topological polar surface area (TPSA) is 69.7 Å². The molecule has 0 aliphatic rings. The molecule has 22 heavy (non-hydrogen) atoms. The molecule has 0 atom stereocenters. The zero-order valence-corrected chi connectivity index (χ0v) is 11.8. The first-order valence-corrected chi connectivity index (χ1v) is 6.14. The molecule has 0 amide bonds. The first-order valence-electron chi connectivity index (χ1n) is 6.14. The second kappa shape index (κ2) is 8.16. The van der Waals surface area contributed by atoms with E-state index in [2.05, 4.69) is 19.7 Å². The summed E-state index contributed by atoms with van der Waals surface area (Å²) in [6.07, 6.45) is 4.33. The van der Waals surface area contributed by atoms with Gasteiger partial charge in [0.2, 0.25) is 0 Å². The molecule has 0 spiro atoms. The molecular formula is C17H14O5. The van der Waals surface area contributed by atoms with Gasteiger partial charge >= 0.3 is 11.9 Å². The van der Waals surface area contributed by atoms with Crippen molar-refractivity contribution >= 4 is 18.2 Å². The molecule has 5 nitrogen and oxygen atoms in total. The molecule has 0 radical (unpaired) electrons. The Balaban J connectivity index is 2.66. The average Bonchev–Trinajstić information content (AvgIpc) is 2.52. The molecule has 0 unspecified atom stereocenters. The van der Waals surface area contributed by atoms with Gasteiger partial charge in [0, 0.05) is 11.6 Å². The maximum absolute atomic E-state index is 11.8. The lowest BCUT2D eigenvalue weighted by Gasteiger charge is -2.05. The number of ether oxygens (including phenoxy) is 2. The molecule has 1 aromatic carbocycles. The van der Waals surface area contributed by atoms with E-state index < -0.39 is 11.9 Å². The van der Waals surface area contributed by atoms with Crippen molar-refractivity contribution in [1.82, 2.24) is 0 Å². The SMILES string of the molecule is C=CC(=O)Oc1ccc(C(=O)OC(=C)/C=C\C(=C)C=O)cc1. The fraction of sp³-hybridized carbons (Fsp3) is 0. The van der Waals surface area contributed by atoms with E-state index in [0.29, 0.717) is 6.29 Å². The van der Waals surface area contributed by atoms with Crippen LogP contribution < -0.4 is 4.74 Å². The van der Waals surface area contributed by atoms with Gasteiger partial charge in [-0.15, -0.1) is 0 Å². The molecule has 112 valence electrons. The van der Waals surface area contributed by atoms with Gasteiger partial charge in [-0.3, -0.25) is 4.79 Å². The Bertz CT molecular complexity index is 650. The van der Waals surface area contributed by atoms with Crippen LogP contribution in [0.2, 0.25) is 0 Å². The average molecular weight is 298 g/mol. The molecule has 0 saturated heterocycles. The fourth-order valence-electron chi connectivity index (χ4n) is 1.27. The molecule has 1 rings (SSSR count). The Morgan fingerprint density at radius 1 is 1.05 bits per heavy atom. The summed E-state index contributed by atoms with van der Waals surface area (Å²) in [5.74, 6) is -0.880. The summed E-state index contributed by atoms with van der Waals surface area (Å²) in [6.45, 7) is 10.2. The monoisotopic (exact) mass is 298 g/mol. The van der Waals surface area contributed by atoms with Crippen molar-refractivity contribution < 1.29 is 23.9 Å². The molecule has 1 aromatic rings. The summed E-state index contributed by atoms with van der Waals surface area (Å²) < 4.78 is 9.85. The summed E-state index contributed by atoms with van der Waals surface area (Å²) >= 11 is 0. The lowest BCUT2D eigenvalue weighted by molar-refractivity contribution is -0.128. The first-order chi connectivity index (χ1) is 10.5. The zero-order valence-electron chi connectivity index (χ0n) is 11.8. The molecular weight excluding hydrogens is 284 g/mol. The number of esters is 2. The van der Waals surface area contributed by atoms with Gasteiger partial charge in [-0.05, 0) is 36.4 Å². The number of benzene rings is 1. The summed E-state index contributed by atoms with van der Waals surface area (Å²) in [5, 5.41) is 0. The summed E-state index contributed by atoms with van der Waals surface area (Å²) in [7, 11) is 0. The highest BCUT2D eigenvalue weighted by Crippen LogP contribution is 2.14. The predicted octanol–water partition coefficient (Wildman–Crippen LogP) is 2.76. The molecule has 5 heteroatoms. The van der Waals surface area contributed by atoms with Gasteiger partial charge in [0.1, 0.15) is 17.8 Å². The van der Waals surface area contributed by atoms with Gasteiger partial charge in [-0.2, -0.15) is 0 Å². The Hall–Kier alpha value is -3.21. The highest BCUT2D eigenvalue weighted by Gasteiger charge is 2.09. The van der Waals surface area contributed by atoms with Crippen LogP contribution in [0.15, 0.2) is 73.6 Å². The summed E-state index contributed by atoms with van der Waals surface area (Å²) in [6, 6.07) is 5.78. The minimum absolute atomic E-state index is 0.0650. The van der Waals surface area contributed by atoms with E-state index in [9.17, 15) is 14.4 Å². The molecule has 0 heterocycles. The van der Waals surface area contributed by atoms with Crippen molar-refractivity contribution in [2.24, 2.45) is 0 Å². The number of allylic oxidation sites excluding steroid dienone is 3. The number of carbonyl (C=O) groups is 3. The molecule has 0 N–H and O–H groups in total. The first kappa shape index (κ1) is 16.8. The zero-order chi connectivity index (χ0) is 16.5. The van der Waals surface area contributed by atoms with E-state index in [4.69, 9.17) is 9.47 Å². The third-order valence-corrected chi connectivity index (χ3v) is 2.33. The molecule has 0 aliphatic carbocycles. The van der Waals surface area contributed by atoms with Gasteiger partial charge in [0.05, 0.1) is 5.56 Å². The van der Waals surface area contributed by atoms with Crippen LogP contribution in [0.5, 0.6) is 5.75 Å². The van der Waals surface area contributed by atoms with Crippen molar-refractivity contribution in [1.29, 1.82) is 0 Å². The second-order valence-corrected chi connectivity index (χ2v) is 4.03. The van der Waals surface area contributed by atoms with Gasteiger partial charge < -0.3 is 9.47 Å². The van der Waals surface area contributed by atoms with Gasteiger partial charge in [0.25, 0.3) is 0 Å². The van der Waals surface area contributed by atoms with Crippen molar-refractivity contribution in [2.75, 3.05) is 0 Å². The highest BCUT2D eigenvalue weighted by atomic mass is 16.5. The number of hydrogen-bond acceptors (Lipinski definition) is 5. The van der Waals surface area contributed by atoms with E-state index in [1.807, 2.05) is 0 Å². The third-order valence-electron chi connectivity index (χ3n) is 2.33. The normalized spacial score (nSPS) is 9.82. The summed E-state index contributed by atoms with van der Waals surface area (Å²) in [4.78, 5) is 33.2. The lowest BCUT2D eigenvalue weighted by Crippen LogP contribution is -2.05. The van der Waals surface area contributed by atoms with Crippen molar-refractivity contribution in [2.45, 2.75) is 0 Å². The van der Waals surface area contributed by atoms with Crippen LogP contribution in [-0.2, 0) is 14.3 Å². The van der Waals surface area contributed by atoms with Crippen LogP contribution in [0.4, 0.5) is 0 Å². The standard InChI is InChI=1S/C17H14O5/c1-4-16(19)22-15-9-7-14(8-10-15)17(20)21-13(3)6-5-12(2)11-18/h4-11H,1-3H2/b6-5-. The number of hydrogen-bond donors (Lipinski definition) is 0. The Labute approximate surface area is 127 Å². The minimum Gasteiger partial charge on any atom is -0.424 e. The van der Waals surface area contributed by atoms with E-state index in [0.717, 1.165) is 6.08 Å². The van der Waals surface area contributed by atoms with E-state index >= 15 is 0 Å². The number of rotatable bonds is 7. The van der Waals surface area contributed by atoms with Crippen LogP contribution in [0.1, 0.15) is 10.4 Å². The van der Waals surface area contributed by atoms with E-state index in [-0.39, 0.29) is 22.6 Å². The number of aldehydes is 1. The second-order valence-electron chi connectivity index (χ2n) is 4.03. The van der Waals surface area contributed by atoms with Gasteiger partial charge in [-0.25, -0.2) is 9.59 Å². The molecule has 0 aromatic heterocycles. The largest absolute Gasteiger partial charge is 0.424 e. The van der Waals surface area contributed by atoms with Crippen LogP contribution in [0, 0.1) is 0 Å². The highest BCUT2D eigenvalue weighted by molar-refractivity contribution is 5.90. The smallest absolute Gasteiger partial charge is 0.343 e. The summed E-state index contributed by atoms with van der Waals surface area (Å²) in [5.41, 5.74) is 0.479. The maximum Gasteiger partial charge on any atom is 0.343 e. The fourth-order valence-corrected chi connectivity index (χ4v) is 1.27. The van der Waals surface area contributed by atoms with Crippen molar-refractivity contribution in [3.63, 3.8) is 0 Å². The van der Waals surface area contributed by atoms with Crippen LogP contribution >= 0.6 is 0 Å². The predicted molar refractivity (Wildman–Crippen MR) is 81.2 cm³/mol. The van der Waals surface area contributed by atoms with E-state index in [1.165, 1.54) is 36.4 Å². The van der Waals surface area contributed by atoms with Gasteiger partial charge in [0.15, 0.2) is 0 Å². The molecule has 0 bridgehead atoms. The van der Waals surface area contributed by atoms with E-state index in [1.54, 1.807) is 0 Å². The van der Waals surface area contributed by atoms with Crippen LogP contribution in [-0.4, -0.2) is 18.2 Å². The third kappa shape index (κ3) is 5.42. The maximum atomic E-state index is 11.8. The number of carbonyl (C=O) groups excluding carboxylic acids is 3. The Morgan fingerprint density at radius 3 is 2.23 bits per heavy atom.